The maximum absolute atomic E-state index is 12.6. The largest absolute Gasteiger partial charge is 0.494 e. The van der Waals surface area contributed by atoms with Gasteiger partial charge >= 0.3 is 0 Å². The van der Waals surface area contributed by atoms with Crippen molar-refractivity contribution in [1.82, 2.24) is 9.97 Å². The number of aromatic nitrogens is 2. The number of morpholine rings is 1. The summed E-state index contributed by atoms with van der Waals surface area (Å²) in [4.78, 5) is 23.8. The van der Waals surface area contributed by atoms with Gasteiger partial charge in [-0.3, -0.25) is 15.1 Å². The van der Waals surface area contributed by atoms with E-state index in [1.165, 1.54) is 11.3 Å². The molecule has 2 atom stereocenters. The predicted molar refractivity (Wildman–Crippen MR) is 109 cm³/mol. The Balaban J connectivity index is 1.50. The normalized spacial score (nSPS) is 20.7. The zero-order chi connectivity index (χ0) is 19.3. The monoisotopic (exact) mass is 396 g/mol. The molecule has 2 bridgehead atoms. The quantitative estimate of drug-likeness (QED) is 0.730. The minimum absolute atomic E-state index is 0.196. The number of fused-ring (bicyclic) bond motifs is 3. The Labute approximate surface area is 166 Å². The fraction of sp³-hybridized carbons (Fsp3) is 0.350. The Bertz CT molecular complexity index is 1070. The van der Waals surface area contributed by atoms with Crippen molar-refractivity contribution < 1.29 is 14.3 Å². The van der Waals surface area contributed by atoms with E-state index < -0.39 is 0 Å². The summed E-state index contributed by atoms with van der Waals surface area (Å²) in [7, 11) is 1.64. The van der Waals surface area contributed by atoms with E-state index >= 15 is 0 Å². The molecule has 0 radical (unpaired) electrons. The Kier molecular flexibility index (Phi) is 4.17. The van der Waals surface area contributed by atoms with Crippen LogP contribution in [0.2, 0.25) is 0 Å². The van der Waals surface area contributed by atoms with Crippen molar-refractivity contribution in [1.29, 1.82) is 0 Å². The number of amides is 1. The summed E-state index contributed by atoms with van der Waals surface area (Å²) in [6.45, 7) is 3.52. The number of rotatable bonds is 4. The minimum Gasteiger partial charge on any atom is -0.494 e. The molecule has 2 aliphatic rings. The van der Waals surface area contributed by atoms with Crippen molar-refractivity contribution in [3.63, 3.8) is 0 Å². The number of thiazole rings is 1. The average Bonchev–Trinajstić information content (AvgIpc) is 3.42. The minimum atomic E-state index is -0.196. The molecule has 5 rings (SSSR count). The molecule has 2 fully saturated rings. The fourth-order valence-electron chi connectivity index (χ4n) is 3.97. The van der Waals surface area contributed by atoms with E-state index in [2.05, 4.69) is 26.3 Å². The van der Waals surface area contributed by atoms with Gasteiger partial charge in [0.05, 0.1) is 36.2 Å². The Morgan fingerprint density at radius 2 is 2.29 bits per heavy atom. The van der Waals surface area contributed by atoms with Crippen LogP contribution in [0.4, 0.5) is 10.8 Å². The van der Waals surface area contributed by atoms with E-state index in [9.17, 15) is 4.79 Å². The third-order valence-corrected chi connectivity index (χ3v) is 6.29. The van der Waals surface area contributed by atoms with Crippen LogP contribution < -0.4 is 15.0 Å². The summed E-state index contributed by atoms with van der Waals surface area (Å²) in [6.07, 6.45) is 3.01. The molecule has 8 heteroatoms. The van der Waals surface area contributed by atoms with E-state index in [0.717, 1.165) is 41.2 Å². The second-order valence-corrected chi connectivity index (χ2v) is 8.12. The lowest BCUT2D eigenvalue weighted by atomic mass is 10.2. The summed E-state index contributed by atoms with van der Waals surface area (Å²) in [5, 5.41) is 3.48. The number of hydrogen-bond donors (Lipinski definition) is 1. The number of aryl methyl sites for hydroxylation is 1. The first-order chi connectivity index (χ1) is 13.6. The van der Waals surface area contributed by atoms with Crippen LogP contribution in [0.25, 0.3) is 10.2 Å². The molecule has 2 saturated heterocycles. The molecule has 3 aromatic rings. The van der Waals surface area contributed by atoms with Crippen LogP contribution in [0, 0.1) is 6.92 Å². The van der Waals surface area contributed by atoms with Gasteiger partial charge in [0, 0.05) is 24.0 Å². The maximum atomic E-state index is 12.6. The van der Waals surface area contributed by atoms with Crippen LogP contribution in [0.3, 0.4) is 0 Å². The standard InChI is InChI=1S/C20H20N4O3S/c1-11-7-12(5-6-21-11)19(25)23-20-22-17-16(26-2)4-3-15(18(17)28-20)24-9-14-8-13(24)10-27-14/h3-7,13-14H,8-10H2,1-2H3,(H,22,23,25). The molecular weight excluding hydrogens is 376 g/mol. The third kappa shape index (κ3) is 2.89. The zero-order valence-electron chi connectivity index (χ0n) is 15.6. The summed E-state index contributed by atoms with van der Waals surface area (Å²) in [6, 6.07) is 7.89. The van der Waals surface area contributed by atoms with E-state index in [0.29, 0.717) is 28.6 Å². The molecular formula is C20H20N4O3S. The first-order valence-electron chi connectivity index (χ1n) is 9.22. The first-order valence-corrected chi connectivity index (χ1v) is 10.0. The van der Waals surface area contributed by atoms with Gasteiger partial charge < -0.3 is 14.4 Å². The molecule has 0 saturated carbocycles. The molecule has 144 valence electrons. The topological polar surface area (TPSA) is 76.6 Å². The van der Waals surface area contributed by atoms with Gasteiger partial charge in [0.15, 0.2) is 5.13 Å². The van der Waals surface area contributed by atoms with Crippen LogP contribution in [0.1, 0.15) is 22.5 Å². The zero-order valence-corrected chi connectivity index (χ0v) is 16.5. The van der Waals surface area contributed by atoms with Gasteiger partial charge in [-0.05, 0) is 37.6 Å². The number of pyridine rings is 1. The molecule has 2 unspecified atom stereocenters. The lowest BCUT2D eigenvalue weighted by Crippen LogP contribution is -2.36. The van der Waals surface area contributed by atoms with Crippen LogP contribution >= 0.6 is 11.3 Å². The van der Waals surface area contributed by atoms with Gasteiger partial charge in [-0.2, -0.15) is 0 Å². The van der Waals surface area contributed by atoms with Crippen molar-refractivity contribution in [2.45, 2.75) is 25.5 Å². The molecule has 4 heterocycles. The number of carbonyl (C=O) groups excluding carboxylic acids is 1. The molecule has 1 aromatic carbocycles. The van der Waals surface area contributed by atoms with Gasteiger partial charge in [0.1, 0.15) is 11.3 Å². The van der Waals surface area contributed by atoms with E-state index in [1.54, 1.807) is 25.4 Å². The number of carbonyl (C=O) groups is 1. The van der Waals surface area contributed by atoms with Gasteiger partial charge in [-0.15, -0.1) is 0 Å². The van der Waals surface area contributed by atoms with Crippen molar-refractivity contribution in [2.24, 2.45) is 0 Å². The van der Waals surface area contributed by atoms with Crippen molar-refractivity contribution >= 4 is 38.3 Å². The molecule has 2 aromatic heterocycles. The molecule has 0 spiro atoms. The second-order valence-electron chi connectivity index (χ2n) is 7.12. The highest BCUT2D eigenvalue weighted by molar-refractivity contribution is 7.23. The number of benzene rings is 1. The molecule has 28 heavy (non-hydrogen) atoms. The van der Waals surface area contributed by atoms with Gasteiger partial charge in [0.25, 0.3) is 5.91 Å². The fourth-order valence-corrected chi connectivity index (χ4v) is 4.97. The van der Waals surface area contributed by atoms with Crippen LogP contribution in [-0.4, -0.2) is 48.3 Å². The smallest absolute Gasteiger partial charge is 0.257 e. The van der Waals surface area contributed by atoms with Crippen molar-refractivity contribution in [3.05, 3.63) is 41.7 Å². The van der Waals surface area contributed by atoms with Crippen molar-refractivity contribution in [2.75, 3.05) is 30.5 Å². The Hall–Kier alpha value is -2.71. The number of methoxy groups -OCH3 is 1. The molecule has 7 nitrogen and oxygen atoms in total. The highest BCUT2D eigenvalue weighted by Gasteiger charge is 2.40. The Morgan fingerprint density at radius 3 is 3.00 bits per heavy atom. The number of hydrogen-bond acceptors (Lipinski definition) is 7. The summed E-state index contributed by atoms with van der Waals surface area (Å²) in [5.41, 5.74) is 3.26. The second kappa shape index (κ2) is 6.72. The summed E-state index contributed by atoms with van der Waals surface area (Å²) in [5.74, 6) is 0.509. The van der Waals surface area contributed by atoms with E-state index in [1.807, 2.05) is 13.0 Å². The number of nitrogens with one attached hydrogen (secondary N) is 1. The molecule has 2 aliphatic heterocycles. The van der Waals surface area contributed by atoms with Crippen LogP contribution in [0.15, 0.2) is 30.5 Å². The first kappa shape index (κ1) is 17.4. The maximum Gasteiger partial charge on any atom is 0.257 e. The van der Waals surface area contributed by atoms with Crippen LogP contribution in [-0.2, 0) is 4.74 Å². The van der Waals surface area contributed by atoms with Crippen LogP contribution in [0.5, 0.6) is 5.75 Å². The van der Waals surface area contributed by atoms with Gasteiger partial charge in [0.2, 0.25) is 0 Å². The lowest BCUT2D eigenvalue weighted by molar-refractivity contribution is 0.0992. The van der Waals surface area contributed by atoms with E-state index in [-0.39, 0.29) is 5.91 Å². The number of anilines is 2. The highest BCUT2D eigenvalue weighted by atomic mass is 32.1. The molecule has 0 aliphatic carbocycles. The number of nitrogens with zero attached hydrogens (tertiary/aromatic N) is 3. The lowest BCUT2D eigenvalue weighted by Gasteiger charge is -2.29. The predicted octanol–water partition coefficient (Wildman–Crippen LogP) is 3.24. The van der Waals surface area contributed by atoms with Crippen molar-refractivity contribution in [3.8, 4) is 5.75 Å². The van der Waals surface area contributed by atoms with E-state index in [4.69, 9.17) is 9.47 Å². The molecule has 1 N–H and O–H groups in total. The summed E-state index contributed by atoms with van der Waals surface area (Å²) >= 11 is 1.47. The number of ether oxygens (including phenoxy) is 2. The Morgan fingerprint density at radius 1 is 1.39 bits per heavy atom. The summed E-state index contributed by atoms with van der Waals surface area (Å²) < 4.78 is 12.3. The van der Waals surface area contributed by atoms with Gasteiger partial charge in [-0.25, -0.2) is 4.98 Å². The van der Waals surface area contributed by atoms with Gasteiger partial charge in [-0.1, -0.05) is 11.3 Å². The average molecular weight is 396 g/mol. The third-order valence-electron chi connectivity index (χ3n) is 5.29. The SMILES string of the molecule is COc1ccc(N2CC3CC2CO3)c2sc(NC(=O)c3ccnc(C)c3)nc12. The highest BCUT2D eigenvalue weighted by Crippen LogP contribution is 2.43. The molecule has 1 amide bonds.